The molecule has 0 unspecified atom stereocenters. The second kappa shape index (κ2) is 8.36. The van der Waals surface area contributed by atoms with Crippen molar-refractivity contribution in [1.82, 2.24) is 9.13 Å². The molecule has 0 saturated carbocycles. The fraction of sp³-hybridized carbons (Fsp3) is 0.125. The van der Waals surface area contributed by atoms with Crippen LogP contribution in [-0.4, -0.2) is 9.13 Å². The highest BCUT2D eigenvalue weighted by Crippen LogP contribution is 2.21. The van der Waals surface area contributed by atoms with Gasteiger partial charge >= 0.3 is 5.69 Å². The number of nitrogens with zero attached hydrogens (tertiary/aromatic N) is 2. The van der Waals surface area contributed by atoms with Crippen LogP contribution in [-0.2, 0) is 12.3 Å². The van der Waals surface area contributed by atoms with E-state index in [1.54, 1.807) is 11.8 Å². The Labute approximate surface area is 168 Å². The van der Waals surface area contributed by atoms with Gasteiger partial charge in [0.05, 0.1) is 17.6 Å². The Balaban J connectivity index is 1.68. The third-order valence-electron chi connectivity index (χ3n) is 4.72. The monoisotopic (exact) mass is 386 g/mol. The molecule has 0 spiro atoms. The van der Waals surface area contributed by atoms with Gasteiger partial charge in [-0.2, -0.15) is 0 Å². The number of thioether (sulfide) groups is 1. The average molecular weight is 387 g/mol. The Hall–Kier alpha value is -2.98. The smallest absolute Gasteiger partial charge is 0.287 e. The number of hydrogen-bond donors (Lipinski definition) is 0. The average Bonchev–Trinajstić information content (AvgIpc) is 3.01. The van der Waals surface area contributed by atoms with E-state index in [1.165, 1.54) is 5.56 Å². The Morgan fingerprint density at radius 1 is 0.821 bits per heavy atom. The van der Waals surface area contributed by atoms with Crippen LogP contribution in [0.2, 0.25) is 0 Å². The summed E-state index contributed by atoms with van der Waals surface area (Å²) in [5, 5.41) is 2.08. The van der Waals surface area contributed by atoms with Crippen molar-refractivity contribution >= 4 is 28.5 Å². The van der Waals surface area contributed by atoms with Crippen LogP contribution in [0.25, 0.3) is 16.7 Å². The standard InChI is InChI=1S/C24H22N2OS/c1-19(17-28-18-21-12-6-3-7-13-21)26-23-15-9-8-14-22(23)25(24(26)27)16-20-10-4-2-5-11-20/h2-15,17H,16,18H2,1H3/b19-17-. The van der Waals surface area contributed by atoms with Crippen molar-refractivity contribution in [3.05, 3.63) is 112 Å². The lowest BCUT2D eigenvalue weighted by atomic mass is 10.2. The van der Waals surface area contributed by atoms with E-state index < -0.39 is 0 Å². The molecule has 0 N–H and O–H groups in total. The summed E-state index contributed by atoms with van der Waals surface area (Å²) in [4.78, 5) is 13.2. The molecule has 3 aromatic carbocycles. The van der Waals surface area contributed by atoms with Gasteiger partial charge in [-0.3, -0.25) is 9.13 Å². The maximum atomic E-state index is 13.2. The number of rotatable bonds is 6. The molecule has 0 aliphatic carbocycles. The summed E-state index contributed by atoms with van der Waals surface area (Å²) in [6, 6.07) is 28.5. The second-order valence-electron chi connectivity index (χ2n) is 6.73. The summed E-state index contributed by atoms with van der Waals surface area (Å²) >= 11 is 1.71. The van der Waals surface area contributed by atoms with Crippen molar-refractivity contribution in [3.63, 3.8) is 0 Å². The molecule has 0 aliphatic heterocycles. The SMILES string of the molecule is C/C(=C/SCc1ccccc1)n1c(=O)n(Cc2ccccc2)c2ccccc21. The molecule has 4 aromatic rings. The van der Waals surface area contributed by atoms with Crippen LogP contribution < -0.4 is 5.69 Å². The molecule has 0 radical (unpaired) electrons. The molecule has 0 aliphatic rings. The van der Waals surface area contributed by atoms with Crippen molar-refractivity contribution in [3.8, 4) is 0 Å². The second-order valence-corrected chi connectivity index (χ2v) is 7.59. The lowest BCUT2D eigenvalue weighted by Gasteiger charge is -2.04. The Morgan fingerprint density at radius 2 is 1.39 bits per heavy atom. The van der Waals surface area contributed by atoms with Crippen molar-refractivity contribution in [2.45, 2.75) is 19.2 Å². The molecule has 1 aromatic heterocycles. The molecule has 1 heterocycles. The van der Waals surface area contributed by atoms with Crippen molar-refractivity contribution in [2.24, 2.45) is 0 Å². The molecular formula is C24H22N2OS. The van der Waals surface area contributed by atoms with E-state index in [2.05, 4.69) is 29.7 Å². The molecule has 140 valence electrons. The highest BCUT2D eigenvalue weighted by Gasteiger charge is 2.14. The topological polar surface area (TPSA) is 26.9 Å². The molecule has 0 atom stereocenters. The molecule has 0 bridgehead atoms. The quantitative estimate of drug-likeness (QED) is 0.431. The largest absolute Gasteiger partial charge is 0.333 e. The van der Waals surface area contributed by atoms with E-state index in [0.29, 0.717) is 6.54 Å². The first kappa shape index (κ1) is 18.4. The Kier molecular flexibility index (Phi) is 5.49. The van der Waals surface area contributed by atoms with Gasteiger partial charge in [0.2, 0.25) is 0 Å². The van der Waals surface area contributed by atoms with Crippen molar-refractivity contribution in [1.29, 1.82) is 0 Å². The predicted molar refractivity (Wildman–Crippen MR) is 119 cm³/mol. The van der Waals surface area contributed by atoms with Gasteiger partial charge in [-0.25, -0.2) is 4.79 Å². The van der Waals surface area contributed by atoms with Crippen LogP contribution in [0.1, 0.15) is 18.1 Å². The number of para-hydroxylation sites is 2. The van der Waals surface area contributed by atoms with E-state index in [0.717, 1.165) is 28.0 Å². The maximum Gasteiger partial charge on any atom is 0.333 e. The fourth-order valence-electron chi connectivity index (χ4n) is 3.35. The highest BCUT2D eigenvalue weighted by atomic mass is 32.2. The van der Waals surface area contributed by atoms with Crippen LogP contribution in [0.15, 0.2) is 95.1 Å². The molecular weight excluding hydrogens is 364 g/mol. The number of allylic oxidation sites excluding steroid dienone is 1. The normalized spacial score (nSPS) is 11.8. The van der Waals surface area contributed by atoms with Gasteiger partial charge in [-0.05, 0) is 35.6 Å². The third kappa shape index (κ3) is 3.82. The summed E-state index contributed by atoms with van der Waals surface area (Å²) < 4.78 is 3.67. The minimum absolute atomic E-state index is 0.000820. The number of hydrogen-bond acceptors (Lipinski definition) is 2. The van der Waals surface area contributed by atoms with Crippen LogP contribution in [0, 0.1) is 0 Å². The van der Waals surface area contributed by atoms with Gasteiger partial charge in [-0.1, -0.05) is 72.8 Å². The lowest BCUT2D eigenvalue weighted by Crippen LogP contribution is -2.23. The predicted octanol–water partition coefficient (Wildman–Crippen LogP) is 5.60. The number of fused-ring (bicyclic) bond motifs is 1. The molecule has 0 amide bonds. The Bertz CT molecular complexity index is 1160. The van der Waals surface area contributed by atoms with Crippen molar-refractivity contribution in [2.75, 3.05) is 0 Å². The van der Waals surface area contributed by atoms with Gasteiger partial charge in [0.15, 0.2) is 0 Å². The van der Waals surface area contributed by atoms with Gasteiger partial charge in [-0.15, -0.1) is 11.8 Å². The minimum atomic E-state index is -0.000820. The zero-order valence-corrected chi connectivity index (χ0v) is 16.6. The van der Waals surface area contributed by atoms with Gasteiger partial charge in [0.1, 0.15) is 0 Å². The summed E-state index contributed by atoms with van der Waals surface area (Å²) in [5.41, 5.74) is 5.23. The number of aromatic nitrogens is 2. The first-order chi connectivity index (χ1) is 13.7. The highest BCUT2D eigenvalue weighted by molar-refractivity contribution is 8.01. The van der Waals surface area contributed by atoms with E-state index >= 15 is 0 Å². The zero-order valence-electron chi connectivity index (χ0n) is 15.8. The molecule has 4 rings (SSSR count). The fourth-order valence-corrected chi connectivity index (χ4v) is 4.17. The van der Waals surface area contributed by atoms with E-state index in [-0.39, 0.29) is 5.69 Å². The molecule has 28 heavy (non-hydrogen) atoms. The molecule has 0 fully saturated rings. The zero-order chi connectivity index (χ0) is 19.3. The van der Waals surface area contributed by atoms with Crippen LogP contribution in [0.3, 0.4) is 0 Å². The minimum Gasteiger partial charge on any atom is -0.287 e. The van der Waals surface area contributed by atoms with Crippen LogP contribution in [0.4, 0.5) is 0 Å². The third-order valence-corrected chi connectivity index (χ3v) is 5.73. The summed E-state index contributed by atoms with van der Waals surface area (Å²) in [6.07, 6.45) is 0. The maximum absolute atomic E-state index is 13.2. The van der Waals surface area contributed by atoms with E-state index in [4.69, 9.17) is 0 Å². The number of benzene rings is 3. The Morgan fingerprint density at radius 3 is 2.07 bits per heavy atom. The first-order valence-corrected chi connectivity index (χ1v) is 10.4. The van der Waals surface area contributed by atoms with E-state index in [1.807, 2.05) is 76.7 Å². The summed E-state index contributed by atoms with van der Waals surface area (Å²) in [7, 11) is 0. The van der Waals surface area contributed by atoms with Gasteiger partial charge in [0.25, 0.3) is 0 Å². The summed E-state index contributed by atoms with van der Waals surface area (Å²) in [6.45, 7) is 2.57. The molecule has 0 saturated heterocycles. The van der Waals surface area contributed by atoms with Crippen molar-refractivity contribution < 1.29 is 0 Å². The number of imidazole rings is 1. The first-order valence-electron chi connectivity index (χ1n) is 9.31. The molecule has 4 heteroatoms. The molecule has 3 nitrogen and oxygen atoms in total. The van der Waals surface area contributed by atoms with Gasteiger partial charge in [0, 0.05) is 11.4 Å². The van der Waals surface area contributed by atoms with Crippen LogP contribution in [0.5, 0.6) is 0 Å². The van der Waals surface area contributed by atoms with Gasteiger partial charge < -0.3 is 0 Å². The summed E-state index contributed by atoms with van der Waals surface area (Å²) in [5.74, 6) is 0.885. The van der Waals surface area contributed by atoms with Crippen LogP contribution >= 0.6 is 11.8 Å². The van der Waals surface area contributed by atoms with E-state index in [9.17, 15) is 4.79 Å². The lowest BCUT2D eigenvalue weighted by molar-refractivity contribution is 0.766.